The van der Waals surface area contributed by atoms with Crippen molar-refractivity contribution in [2.75, 3.05) is 13.1 Å². The van der Waals surface area contributed by atoms with Gasteiger partial charge in [0.05, 0.1) is 5.69 Å². The zero-order valence-corrected chi connectivity index (χ0v) is 18.3. The molecule has 1 amide bonds. The molecule has 2 N–H and O–H groups in total. The van der Waals surface area contributed by atoms with Gasteiger partial charge in [-0.15, -0.1) is 36.2 Å². The van der Waals surface area contributed by atoms with Crippen LogP contribution in [0.25, 0.3) is 0 Å². The average molecular weight is 450 g/mol. The molecule has 1 aromatic heterocycles. The number of halogens is 3. The molecule has 0 spiro atoms. The number of nitrogens with zero attached hydrogens (tertiary/aromatic N) is 2. The molecule has 3 rings (SSSR count). The van der Waals surface area contributed by atoms with Crippen LogP contribution >= 0.6 is 36.2 Å². The Kier molecular flexibility index (Phi) is 9.63. The fourth-order valence-corrected chi connectivity index (χ4v) is 4.11. The second kappa shape index (κ2) is 11.0. The Morgan fingerprint density at radius 3 is 2.50 bits per heavy atom. The van der Waals surface area contributed by atoms with Crippen LogP contribution in [0, 0.1) is 18.7 Å². The maximum Gasteiger partial charge on any atom is 0.265 e. The van der Waals surface area contributed by atoms with Crippen molar-refractivity contribution in [1.29, 1.82) is 0 Å². The van der Waals surface area contributed by atoms with E-state index in [-0.39, 0.29) is 49.2 Å². The summed E-state index contributed by atoms with van der Waals surface area (Å²) in [5.74, 6) is 0.797. The molecule has 1 unspecified atom stereocenters. The minimum Gasteiger partial charge on any atom is -0.486 e. The van der Waals surface area contributed by atoms with E-state index in [9.17, 15) is 9.18 Å². The molecule has 0 saturated carbocycles. The number of carbonyl (C=O) groups is 1. The van der Waals surface area contributed by atoms with Gasteiger partial charge in [-0.25, -0.2) is 9.37 Å². The number of ether oxygens (including phenoxy) is 1. The van der Waals surface area contributed by atoms with Gasteiger partial charge in [-0.1, -0.05) is 0 Å². The summed E-state index contributed by atoms with van der Waals surface area (Å²) < 4.78 is 18.5. The van der Waals surface area contributed by atoms with Crippen LogP contribution < -0.4 is 10.5 Å². The number of benzene rings is 1. The van der Waals surface area contributed by atoms with E-state index < -0.39 is 0 Å². The second-order valence-electron chi connectivity index (χ2n) is 6.75. The van der Waals surface area contributed by atoms with Crippen molar-refractivity contribution in [2.45, 2.75) is 39.3 Å². The summed E-state index contributed by atoms with van der Waals surface area (Å²) >= 11 is 1.36. The van der Waals surface area contributed by atoms with Crippen molar-refractivity contribution in [3.05, 3.63) is 45.7 Å². The number of carbonyl (C=O) groups excluding carboxylic acids is 1. The standard InChI is InChI=1S/C19H24FN3O2S.2ClH/c1-12(21)14-7-9-23(10-8-14)19(24)18-13(2)22-17(26-18)11-25-16-5-3-15(20)4-6-16;;/h3-6,12,14H,7-11,21H2,1-2H3;2*1H. The Labute approximate surface area is 181 Å². The van der Waals surface area contributed by atoms with Gasteiger partial charge in [0.1, 0.15) is 28.1 Å². The van der Waals surface area contributed by atoms with Gasteiger partial charge in [0.25, 0.3) is 5.91 Å². The molecule has 28 heavy (non-hydrogen) atoms. The van der Waals surface area contributed by atoms with Crippen molar-refractivity contribution in [3.63, 3.8) is 0 Å². The van der Waals surface area contributed by atoms with E-state index in [2.05, 4.69) is 4.98 Å². The predicted molar refractivity (Wildman–Crippen MR) is 114 cm³/mol. The van der Waals surface area contributed by atoms with Crippen LogP contribution in [0.5, 0.6) is 5.75 Å². The average Bonchev–Trinajstić information content (AvgIpc) is 3.01. The number of rotatable bonds is 5. The number of thiazole rings is 1. The van der Waals surface area contributed by atoms with Crippen molar-refractivity contribution < 1.29 is 13.9 Å². The van der Waals surface area contributed by atoms with Gasteiger partial charge in [0.15, 0.2) is 0 Å². The topological polar surface area (TPSA) is 68.5 Å². The van der Waals surface area contributed by atoms with Gasteiger partial charge in [-0.05, 0) is 56.9 Å². The largest absolute Gasteiger partial charge is 0.486 e. The molecule has 0 bridgehead atoms. The van der Waals surface area contributed by atoms with E-state index in [0.717, 1.165) is 36.6 Å². The SMILES string of the molecule is Cc1nc(COc2ccc(F)cc2)sc1C(=O)N1CCC(C(C)N)CC1.Cl.Cl. The maximum atomic E-state index is 12.9. The summed E-state index contributed by atoms with van der Waals surface area (Å²) in [6.07, 6.45) is 1.89. The first kappa shape index (κ1) is 24.6. The molecular formula is C19H26Cl2FN3O2S. The lowest BCUT2D eigenvalue weighted by Gasteiger charge is -2.33. The second-order valence-corrected chi connectivity index (χ2v) is 7.84. The van der Waals surface area contributed by atoms with Crippen LogP contribution in [-0.2, 0) is 6.61 Å². The third-order valence-electron chi connectivity index (χ3n) is 4.78. The monoisotopic (exact) mass is 449 g/mol. The van der Waals surface area contributed by atoms with Gasteiger partial charge in [0, 0.05) is 19.1 Å². The lowest BCUT2D eigenvalue weighted by molar-refractivity contribution is 0.0685. The Balaban J connectivity index is 0.00000196. The molecule has 2 heterocycles. The Morgan fingerprint density at radius 1 is 1.32 bits per heavy atom. The van der Waals surface area contributed by atoms with Crippen LogP contribution in [0.2, 0.25) is 0 Å². The number of aryl methyl sites for hydroxylation is 1. The summed E-state index contributed by atoms with van der Waals surface area (Å²) in [7, 11) is 0. The molecule has 0 aliphatic carbocycles. The summed E-state index contributed by atoms with van der Waals surface area (Å²) in [6.45, 7) is 5.62. The Hall–Kier alpha value is -1.41. The molecule has 0 radical (unpaired) electrons. The number of aromatic nitrogens is 1. The predicted octanol–water partition coefficient (Wildman–Crippen LogP) is 4.21. The quantitative estimate of drug-likeness (QED) is 0.741. The van der Waals surface area contributed by atoms with Crippen molar-refractivity contribution in [1.82, 2.24) is 9.88 Å². The Morgan fingerprint density at radius 2 is 1.93 bits per heavy atom. The number of hydrogen-bond acceptors (Lipinski definition) is 5. The molecule has 9 heteroatoms. The third-order valence-corrected chi connectivity index (χ3v) is 5.90. The minimum absolute atomic E-state index is 0. The number of piperidine rings is 1. The minimum atomic E-state index is -0.303. The van der Waals surface area contributed by atoms with E-state index in [4.69, 9.17) is 10.5 Å². The fraction of sp³-hybridized carbons (Fsp3) is 0.474. The van der Waals surface area contributed by atoms with Crippen molar-refractivity contribution >= 4 is 42.1 Å². The Bertz CT molecular complexity index is 763. The highest BCUT2D eigenvalue weighted by Crippen LogP contribution is 2.25. The summed E-state index contributed by atoms with van der Waals surface area (Å²) in [5.41, 5.74) is 6.70. The molecule has 1 aliphatic rings. The van der Waals surface area contributed by atoms with Gasteiger partial charge in [-0.3, -0.25) is 4.79 Å². The third kappa shape index (κ3) is 6.04. The number of hydrogen-bond donors (Lipinski definition) is 1. The van der Waals surface area contributed by atoms with Crippen LogP contribution in [-0.4, -0.2) is 34.9 Å². The molecule has 1 atom stereocenters. The van der Waals surface area contributed by atoms with Crippen LogP contribution in [0.15, 0.2) is 24.3 Å². The summed E-state index contributed by atoms with van der Waals surface area (Å²) in [6, 6.07) is 6.02. The zero-order valence-electron chi connectivity index (χ0n) is 15.9. The van der Waals surface area contributed by atoms with Crippen LogP contribution in [0.4, 0.5) is 4.39 Å². The first-order valence-electron chi connectivity index (χ1n) is 8.83. The summed E-state index contributed by atoms with van der Waals surface area (Å²) in [5, 5.41) is 0.737. The normalized spacial score (nSPS) is 15.4. The van der Waals surface area contributed by atoms with Crippen molar-refractivity contribution in [3.8, 4) is 5.75 Å². The number of nitrogens with two attached hydrogens (primary N) is 1. The molecule has 156 valence electrons. The van der Waals surface area contributed by atoms with E-state index in [1.165, 1.54) is 23.5 Å². The van der Waals surface area contributed by atoms with Gasteiger partial charge in [-0.2, -0.15) is 0 Å². The van der Waals surface area contributed by atoms with E-state index >= 15 is 0 Å². The van der Waals surface area contributed by atoms with Crippen molar-refractivity contribution in [2.24, 2.45) is 11.7 Å². The smallest absolute Gasteiger partial charge is 0.265 e. The lowest BCUT2D eigenvalue weighted by atomic mass is 9.91. The zero-order chi connectivity index (χ0) is 18.7. The van der Waals surface area contributed by atoms with E-state index in [0.29, 0.717) is 16.5 Å². The van der Waals surface area contributed by atoms with Crippen LogP contribution in [0.3, 0.4) is 0 Å². The van der Waals surface area contributed by atoms with Gasteiger partial charge < -0.3 is 15.4 Å². The van der Waals surface area contributed by atoms with E-state index in [1.54, 1.807) is 12.1 Å². The van der Waals surface area contributed by atoms with Crippen LogP contribution in [0.1, 0.15) is 40.1 Å². The molecule has 2 aromatic rings. The number of likely N-dealkylation sites (tertiary alicyclic amines) is 1. The fourth-order valence-electron chi connectivity index (χ4n) is 3.16. The highest BCUT2D eigenvalue weighted by molar-refractivity contribution is 7.13. The number of amides is 1. The first-order valence-corrected chi connectivity index (χ1v) is 9.65. The summed E-state index contributed by atoms with van der Waals surface area (Å²) in [4.78, 5) is 19.8. The van der Waals surface area contributed by atoms with Gasteiger partial charge in [0.2, 0.25) is 0 Å². The molecule has 1 saturated heterocycles. The molecule has 1 aliphatic heterocycles. The highest BCUT2D eigenvalue weighted by atomic mass is 35.5. The first-order chi connectivity index (χ1) is 12.4. The van der Waals surface area contributed by atoms with Gasteiger partial charge >= 0.3 is 0 Å². The molecule has 1 aromatic carbocycles. The molecule has 1 fully saturated rings. The molecular weight excluding hydrogens is 424 g/mol. The highest BCUT2D eigenvalue weighted by Gasteiger charge is 2.27. The maximum absolute atomic E-state index is 12.9. The lowest BCUT2D eigenvalue weighted by Crippen LogP contribution is -2.42. The van der Waals surface area contributed by atoms with E-state index in [1.807, 2.05) is 18.7 Å². The molecule has 5 nitrogen and oxygen atoms in total.